The van der Waals surface area contributed by atoms with Crippen LogP contribution in [0.4, 0.5) is 11.6 Å². The first-order valence-electron chi connectivity index (χ1n) is 8.39. The molecule has 0 aliphatic rings. The van der Waals surface area contributed by atoms with Gasteiger partial charge in [0, 0.05) is 14.9 Å². The Morgan fingerprint density at radius 2 is 1.93 bits per heavy atom. The normalized spacial score (nSPS) is 12.3. The molecule has 3 aromatic heterocycles. The first kappa shape index (κ1) is 17.8. The highest BCUT2D eigenvalue weighted by molar-refractivity contribution is 9.10. The third kappa shape index (κ3) is 3.50. The Bertz CT molecular complexity index is 1130. The maximum atomic E-state index is 5.75. The second-order valence-corrected chi connectivity index (χ2v) is 8.03. The molecule has 3 heterocycles. The largest absolute Gasteiger partial charge is 0.384 e. The second-order valence-electron chi connectivity index (χ2n) is 6.14. The van der Waals surface area contributed by atoms with E-state index >= 15 is 0 Å². The van der Waals surface area contributed by atoms with Gasteiger partial charge in [-0.15, -0.1) is 11.3 Å². The van der Waals surface area contributed by atoms with Gasteiger partial charge in [0.15, 0.2) is 5.65 Å². The first-order valence-corrected chi connectivity index (χ1v) is 10.00. The van der Waals surface area contributed by atoms with Gasteiger partial charge < -0.3 is 11.1 Å². The molecule has 0 bridgehead atoms. The van der Waals surface area contributed by atoms with E-state index in [1.807, 2.05) is 31.2 Å². The number of benzene rings is 1. The molecular formula is C19H17BrN6S. The quantitative estimate of drug-likeness (QED) is 0.465. The number of pyridine rings is 1. The molecule has 0 aliphatic heterocycles. The van der Waals surface area contributed by atoms with Crippen LogP contribution in [0.15, 0.2) is 47.2 Å². The fourth-order valence-electron chi connectivity index (χ4n) is 2.90. The maximum Gasteiger partial charge on any atom is 0.166 e. The van der Waals surface area contributed by atoms with E-state index in [2.05, 4.69) is 49.2 Å². The molecule has 27 heavy (non-hydrogen) atoms. The molecule has 0 saturated heterocycles. The van der Waals surface area contributed by atoms with Crippen LogP contribution in [-0.4, -0.2) is 19.9 Å². The predicted molar refractivity (Wildman–Crippen MR) is 114 cm³/mol. The molecule has 0 radical (unpaired) electrons. The smallest absolute Gasteiger partial charge is 0.166 e. The summed E-state index contributed by atoms with van der Waals surface area (Å²) in [7, 11) is 0. The topological polar surface area (TPSA) is 89.6 Å². The number of fused-ring (bicyclic) bond motifs is 1. The summed E-state index contributed by atoms with van der Waals surface area (Å²) < 4.78 is 1.04. The number of nitrogens with zero attached hydrogens (tertiary/aromatic N) is 4. The summed E-state index contributed by atoms with van der Waals surface area (Å²) in [6.07, 6.45) is 1.50. The summed E-state index contributed by atoms with van der Waals surface area (Å²) in [5, 5.41) is 5.30. The predicted octanol–water partition coefficient (Wildman–Crippen LogP) is 4.97. The van der Waals surface area contributed by atoms with E-state index in [-0.39, 0.29) is 6.04 Å². The third-order valence-corrected chi connectivity index (χ3v) is 6.27. The lowest BCUT2D eigenvalue weighted by atomic mass is 10.2. The summed E-state index contributed by atoms with van der Waals surface area (Å²) >= 11 is 5.29. The highest BCUT2D eigenvalue weighted by Crippen LogP contribution is 2.36. The number of nitrogen functional groups attached to an aromatic ring is 1. The zero-order valence-electron chi connectivity index (χ0n) is 14.8. The molecule has 1 unspecified atom stereocenters. The molecule has 8 heteroatoms. The minimum absolute atomic E-state index is 0.0365. The molecule has 6 nitrogen and oxygen atoms in total. The molecular weight excluding hydrogens is 424 g/mol. The van der Waals surface area contributed by atoms with Crippen LogP contribution in [0, 0.1) is 6.92 Å². The van der Waals surface area contributed by atoms with Gasteiger partial charge >= 0.3 is 0 Å². The first-order chi connectivity index (χ1) is 13.0. The molecule has 1 atom stereocenters. The van der Waals surface area contributed by atoms with Gasteiger partial charge in [0.25, 0.3) is 0 Å². The average Bonchev–Trinajstić information content (AvgIpc) is 3.03. The number of hydrogen-bond donors (Lipinski definition) is 2. The highest BCUT2D eigenvalue weighted by Gasteiger charge is 2.18. The van der Waals surface area contributed by atoms with Crippen LogP contribution in [-0.2, 0) is 0 Å². The zero-order chi connectivity index (χ0) is 19.0. The van der Waals surface area contributed by atoms with Crippen molar-refractivity contribution in [2.24, 2.45) is 0 Å². The molecule has 3 N–H and O–H groups in total. The second kappa shape index (κ2) is 7.21. The highest BCUT2D eigenvalue weighted by atomic mass is 79.9. The van der Waals surface area contributed by atoms with Crippen molar-refractivity contribution in [3.05, 3.63) is 57.8 Å². The number of aromatic nitrogens is 4. The molecule has 0 amide bonds. The molecule has 0 spiro atoms. The number of rotatable bonds is 4. The molecule has 0 fully saturated rings. The van der Waals surface area contributed by atoms with Gasteiger partial charge in [-0.25, -0.2) is 19.9 Å². The Morgan fingerprint density at radius 3 is 2.74 bits per heavy atom. The summed E-state index contributed by atoms with van der Waals surface area (Å²) in [6, 6.07) is 11.8. The standard InChI is InChI=1S/C19H17BrN6S/c1-10(24-17-13-7-8-15(21)26-18(13)23-9-22-17)16-11(2)25-19(27-16)12-5-3-4-6-14(12)20/h3-10H,1-2H3,(H3,21,22,23,24,26). The summed E-state index contributed by atoms with van der Waals surface area (Å²) in [5.74, 6) is 1.17. The summed E-state index contributed by atoms with van der Waals surface area (Å²) in [4.78, 5) is 18.8. The molecule has 4 aromatic rings. The van der Waals surface area contributed by atoms with Crippen LogP contribution < -0.4 is 11.1 Å². The van der Waals surface area contributed by atoms with E-state index in [0.29, 0.717) is 11.5 Å². The van der Waals surface area contributed by atoms with Crippen molar-refractivity contribution >= 4 is 49.9 Å². The maximum absolute atomic E-state index is 5.75. The Hall–Kier alpha value is -2.58. The van der Waals surface area contributed by atoms with Crippen LogP contribution in [0.1, 0.15) is 23.5 Å². The number of nitrogens with one attached hydrogen (secondary N) is 1. The van der Waals surface area contributed by atoms with Crippen molar-refractivity contribution in [3.63, 3.8) is 0 Å². The lowest BCUT2D eigenvalue weighted by molar-refractivity contribution is 0.881. The fraction of sp³-hybridized carbons (Fsp3) is 0.158. The van der Waals surface area contributed by atoms with E-state index in [0.717, 1.165) is 36.8 Å². The van der Waals surface area contributed by atoms with Crippen molar-refractivity contribution in [1.29, 1.82) is 0 Å². The Labute approximate surface area is 169 Å². The molecule has 1 aromatic carbocycles. The molecule has 4 rings (SSSR count). The van der Waals surface area contributed by atoms with E-state index in [1.54, 1.807) is 17.4 Å². The molecule has 0 saturated carbocycles. The minimum Gasteiger partial charge on any atom is -0.384 e. The van der Waals surface area contributed by atoms with Crippen LogP contribution in [0.5, 0.6) is 0 Å². The van der Waals surface area contributed by atoms with Gasteiger partial charge in [-0.1, -0.05) is 34.1 Å². The van der Waals surface area contributed by atoms with Crippen LogP contribution in [0.2, 0.25) is 0 Å². The van der Waals surface area contributed by atoms with E-state index in [4.69, 9.17) is 10.7 Å². The minimum atomic E-state index is 0.0365. The molecule has 0 aliphatic carbocycles. The van der Waals surface area contributed by atoms with Gasteiger partial charge in [-0.05, 0) is 32.0 Å². The lowest BCUT2D eigenvalue weighted by Gasteiger charge is -2.14. The SMILES string of the molecule is Cc1nc(-c2ccccc2Br)sc1C(C)Nc1ncnc2nc(N)ccc12. The Balaban J connectivity index is 1.67. The van der Waals surface area contributed by atoms with Crippen LogP contribution >= 0.6 is 27.3 Å². The zero-order valence-corrected chi connectivity index (χ0v) is 17.2. The van der Waals surface area contributed by atoms with Gasteiger partial charge in [0.1, 0.15) is 23.0 Å². The number of anilines is 2. The average molecular weight is 441 g/mol. The summed E-state index contributed by atoms with van der Waals surface area (Å²) in [5.41, 5.74) is 8.43. The Morgan fingerprint density at radius 1 is 1.11 bits per heavy atom. The third-order valence-electron chi connectivity index (χ3n) is 4.20. The Kier molecular flexibility index (Phi) is 4.75. The number of nitrogens with two attached hydrogens (primary N) is 1. The lowest BCUT2D eigenvalue weighted by Crippen LogP contribution is -2.08. The van der Waals surface area contributed by atoms with Crippen molar-refractivity contribution in [2.75, 3.05) is 11.1 Å². The van der Waals surface area contributed by atoms with Crippen molar-refractivity contribution < 1.29 is 0 Å². The summed E-state index contributed by atoms with van der Waals surface area (Å²) in [6.45, 7) is 4.13. The van der Waals surface area contributed by atoms with Gasteiger partial charge in [0.2, 0.25) is 0 Å². The van der Waals surface area contributed by atoms with Crippen LogP contribution in [0.3, 0.4) is 0 Å². The van der Waals surface area contributed by atoms with Gasteiger partial charge in [-0.3, -0.25) is 0 Å². The monoisotopic (exact) mass is 440 g/mol. The van der Waals surface area contributed by atoms with Gasteiger partial charge in [-0.2, -0.15) is 0 Å². The number of aryl methyl sites for hydroxylation is 1. The van der Waals surface area contributed by atoms with Crippen molar-refractivity contribution in [2.45, 2.75) is 19.9 Å². The van der Waals surface area contributed by atoms with E-state index < -0.39 is 0 Å². The van der Waals surface area contributed by atoms with Crippen LogP contribution in [0.25, 0.3) is 21.6 Å². The fourth-order valence-corrected chi connectivity index (χ4v) is 4.61. The van der Waals surface area contributed by atoms with Gasteiger partial charge in [0.05, 0.1) is 17.1 Å². The number of hydrogen-bond acceptors (Lipinski definition) is 7. The molecule has 136 valence electrons. The number of halogens is 1. The van der Waals surface area contributed by atoms with E-state index in [1.165, 1.54) is 6.33 Å². The van der Waals surface area contributed by atoms with Crippen molar-refractivity contribution in [3.8, 4) is 10.6 Å². The number of thiazole rings is 1. The van der Waals surface area contributed by atoms with E-state index in [9.17, 15) is 0 Å². The van der Waals surface area contributed by atoms with Crippen molar-refractivity contribution in [1.82, 2.24) is 19.9 Å².